The maximum absolute atomic E-state index is 14.5. The number of ether oxygens (including phenoxy) is 2. The van der Waals surface area contributed by atoms with Crippen LogP contribution < -0.4 is 0 Å². The van der Waals surface area contributed by atoms with Crippen LogP contribution in [0.2, 0.25) is 0 Å². The van der Waals surface area contributed by atoms with Gasteiger partial charge in [0, 0.05) is 23.1 Å². The summed E-state index contributed by atoms with van der Waals surface area (Å²) in [5.74, 6) is -1.67. The van der Waals surface area contributed by atoms with E-state index >= 15 is 0 Å². The minimum atomic E-state index is -0.739. The molecule has 5 heteroatoms. The van der Waals surface area contributed by atoms with Crippen LogP contribution in [0.25, 0.3) is 11.1 Å². The van der Waals surface area contributed by atoms with Crippen LogP contribution >= 0.6 is 0 Å². The first-order valence-electron chi connectivity index (χ1n) is 9.06. The Morgan fingerprint density at radius 3 is 2.23 bits per heavy atom. The molecule has 0 spiro atoms. The van der Waals surface area contributed by atoms with Gasteiger partial charge in [-0.1, -0.05) is 38.3 Å². The molecule has 1 fully saturated rings. The van der Waals surface area contributed by atoms with E-state index in [1.807, 2.05) is 0 Å². The van der Waals surface area contributed by atoms with Crippen molar-refractivity contribution in [3.8, 4) is 11.1 Å². The smallest absolute Gasteiger partial charge is 0.183 e. The molecule has 0 atom stereocenters. The van der Waals surface area contributed by atoms with Gasteiger partial charge < -0.3 is 9.47 Å². The summed E-state index contributed by atoms with van der Waals surface area (Å²) < 4.78 is 52.7. The van der Waals surface area contributed by atoms with Crippen LogP contribution in [-0.4, -0.2) is 13.2 Å². The van der Waals surface area contributed by atoms with Crippen LogP contribution in [0, 0.1) is 23.4 Å². The fourth-order valence-corrected chi connectivity index (χ4v) is 3.21. The van der Waals surface area contributed by atoms with Crippen molar-refractivity contribution < 1.29 is 22.6 Å². The van der Waals surface area contributed by atoms with Crippen LogP contribution in [0.4, 0.5) is 13.2 Å². The summed E-state index contributed by atoms with van der Waals surface area (Å²) >= 11 is 0. The first-order chi connectivity index (χ1) is 12.6. The Bertz CT molecular complexity index is 720. The predicted octanol–water partition coefficient (Wildman–Crippen LogP) is 6.01. The van der Waals surface area contributed by atoms with E-state index in [2.05, 4.69) is 6.92 Å². The van der Waals surface area contributed by atoms with Gasteiger partial charge in [-0.2, -0.15) is 0 Å². The number of halogens is 3. The first-order valence-corrected chi connectivity index (χ1v) is 9.06. The Morgan fingerprint density at radius 1 is 0.923 bits per heavy atom. The van der Waals surface area contributed by atoms with E-state index in [0.717, 1.165) is 31.0 Å². The second kappa shape index (κ2) is 8.69. The Labute approximate surface area is 151 Å². The van der Waals surface area contributed by atoms with Crippen LogP contribution in [0.3, 0.4) is 0 Å². The highest BCUT2D eigenvalue weighted by Gasteiger charge is 2.24. The maximum atomic E-state index is 14.5. The fraction of sp³-hybridized carbons (Fsp3) is 0.429. The molecular formula is C21H23F3O2. The Kier molecular flexibility index (Phi) is 6.33. The Morgan fingerprint density at radius 2 is 1.62 bits per heavy atom. The standard InChI is InChI=1S/C21H23F3O2/c1-2-3-4-5-14-12-25-21(26-13-14)15-6-7-19(20(24)10-15)16-8-17(22)11-18(23)9-16/h6-11,14,21H,2-5,12-13H2,1H3. The van der Waals surface area contributed by atoms with Gasteiger partial charge in [-0.25, -0.2) is 13.2 Å². The normalized spacial score (nSPS) is 20.3. The second-order valence-corrected chi connectivity index (χ2v) is 6.76. The van der Waals surface area contributed by atoms with Gasteiger partial charge in [0.25, 0.3) is 0 Å². The molecule has 140 valence electrons. The lowest BCUT2D eigenvalue weighted by molar-refractivity contribution is -0.206. The first kappa shape index (κ1) is 18.9. The lowest BCUT2D eigenvalue weighted by Crippen LogP contribution is -2.27. The summed E-state index contributed by atoms with van der Waals surface area (Å²) in [5, 5.41) is 0. The molecule has 0 N–H and O–H groups in total. The van der Waals surface area contributed by atoms with Crippen LogP contribution in [0.15, 0.2) is 36.4 Å². The van der Waals surface area contributed by atoms with Crippen molar-refractivity contribution in [3.63, 3.8) is 0 Å². The summed E-state index contributed by atoms with van der Waals surface area (Å²) in [6.45, 7) is 3.35. The molecular weight excluding hydrogens is 341 g/mol. The number of benzene rings is 2. The highest BCUT2D eigenvalue weighted by Crippen LogP contribution is 2.31. The van der Waals surface area contributed by atoms with E-state index in [9.17, 15) is 13.2 Å². The number of unbranched alkanes of at least 4 members (excludes halogenated alkanes) is 2. The van der Waals surface area contributed by atoms with Crippen molar-refractivity contribution in [2.45, 2.75) is 38.9 Å². The molecule has 26 heavy (non-hydrogen) atoms. The summed E-state index contributed by atoms with van der Waals surface area (Å²) in [6.07, 6.45) is 4.00. The van der Waals surface area contributed by atoms with Gasteiger partial charge in [0.2, 0.25) is 0 Å². The number of hydrogen-bond acceptors (Lipinski definition) is 2. The zero-order chi connectivity index (χ0) is 18.5. The van der Waals surface area contributed by atoms with E-state index in [-0.39, 0.29) is 11.1 Å². The van der Waals surface area contributed by atoms with Gasteiger partial charge in [0.15, 0.2) is 6.29 Å². The molecule has 2 aromatic rings. The molecule has 0 bridgehead atoms. The van der Waals surface area contributed by atoms with Crippen molar-refractivity contribution in [3.05, 3.63) is 59.4 Å². The lowest BCUT2D eigenvalue weighted by atomic mass is 10.0. The molecule has 2 aromatic carbocycles. The monoisotopic (exact) mass is 364 g/mol. The van der Waals surface area contributed by atoms with Crippen molar-refractivity contribution >= 4 is 0 Å². The molecule has 1 aliphatic rings. The summed E-state index contributed by atoms with van der Waals surface area (Å²) in [6, 6.07) is 7.45. The van der Waals surface area contributed by atoms with Gasteiger partial charge in [0.05, 0.1) is 13.2 Å². The lowest BCUT2D eigenvalue weighted by Gasteiger charge is -2.29. The van der Waals surface area contributed by atoms with Crippen molar-refractivity contribution in [2.24, 2.45) is 5.92 Å². The molecule has 1 heterocycles. The minimum Gasteiger partial charge on any atom is -0.348 e. The number of rotatable bonds is 6. The van der Waals surface area contributed by atoms with Crippen molar-refractivity contribution in [1.82, 2.24) is 0 Å². The SMILES string of the molecule is CCCCCC1COC(c2ccc(-c3cc(F)cc(F)c3)c(F)c2)OC1. The summed E-state index contributed by atoms with van der Waals surface area (Å²) in [7, 11) is 0. The predicted molar refractivity (Wildman–Crippen MR) is 94.0 cm³/mol. The van der Waals surface area contributed by atoms with Gasteiger partial charge in [-0.05, 0) is 30.2 Å². The highest BCUT2D eigenvalue weighted by atomic mass is 19.1. The summed E-state index contributed by atoms with van der Waals surface area (Å²) in [4.78, 5) is 0. The van der Waals surface area contributed by atoms with Gasteiger partial charge >= 0.3 is 0 Å². The number of hydrogen-bond donors (Lipinski definition) is 0. The topological polar surface area (TPSA) is 18.5 Å². The second-order valence-electron chi connectivity index (χ2n) is 6.76. The Hall–Kier alpha value is -1.85. The zero-order valence-electron chi connectivity index (χ0n) is 14.8. The van der Waals surface area contributed by atoms with Gasteiger partial charge in [-0.15, -0.1) is 0 Å². The van der Waals surface area contributed by atoms with Crippen LogP contribution in [0.1, 0.15) is 44.5 Å². The van der Waals surface area contributed by atoms with Gasteiger partial charge in [-0.3, -0.25) is 0 Å². The van der Waals surface area contributed by atoms with Crippen molar-refractivity contribution in [1.29, 1.82) is 0 Å². The Balaban J connectivity index is 1.67. The molecule has 0 aromatic heterocycles. The van der Waals surface area contributed by atoms with E-state index in [1.165, 1.54) is 25.0 Å². The third-order valence-corrected chi connectivity index (χ3v) is 4.62. The van der Waals surface area contributed by atoms with Gasteiger partial charge in [0.1, 0.15) is 17.5 Å². The van der Waals surface area contributed by atoms with E-state index in [1.54, 1.807) is 6.07 Å². The molecule has 0 unspecified atom stereocenters. The third kappa shape index (κ3) is 4.65. The molecule has 1 aliphatic heterocycles. The third-order valence-electron chi connectivity index (χ3n) is 4.62. The average molecular weight is 364 g/mol. The molecule has 0 amide bonds. The van der Waals surface area contributed by atoms with E-state index in [0.29, 0.717) is 24.7 Å². The molecule has 0 saturated carbocycles. The highest BCUT2D eigenvalue weighted by molar-refractivity contribution is 5.64. The van der Waals surface area contributed by atoms with Crippen LogP contribution in [0.5, 0.6) is 0 Å². The average Bonchev–Trinajstić information content (AvgIpc) is 2.61. The van der Waals surface area contributed by atoms with E-state index < -0.39 is 23.7 Å². The largest absolute Gasteiger partial charge is 0.348 e. The zero-order valence-corrected chi connectivity index (χ0v) is 14.8. The van der Waals surface area contributed by atoms with Crippen LogP contribution in [-0.2, 0) is 9.47 Å². The molecule has 0 radical (unpaired) electrons. The quantitative estimate of drug-likeness (QED) is 0.584. The molecule has 1 saturated heterocycles. The van der Waals surface area contributed by atoms with Crippen molar-refractivity contribution in [2.75, 3.05) is 13.2 Å². The molecule has 2 nitrogen and oxygen atoms in total. The maximum Gasteiger partial charge on any atom is 0.183 e. The molecule has 3 rings (SSSR count). The summed E-state index contributed by atoms with van der Waals surface area (Å²) in [5.41, 5.74) is 0.864. The molecule has 0 aliphatic carbocycles. The fourth-order valence-electron chi connectivity index (χ4n) is 3.21. The minimum absolute atomic E-state index is 0.139. The van der Waals surface area contributed by atoms with E-state index in [4.69, 9.17) is 9.47 Å².